The van der Waals surface area contributed by atoms with Crippen LogP contribution in [0.25, 0.3) is 0 Å². The summed E-state index contributed by atoms with van der Waals surface area (Å²) in [5.74, 6) is 0. The quantitative estimate of drug-likeness (QED) is 0.508. The smallest absolute Gasteiger partial charge is 0.0835 e. The van der Waals surface area contributed by atoms with Crippen LogP contribution < -0.4 is 0 Å². The van der Waals surface area contributed by atoms with Crippen LogP contribution in [0.1, 0.15) is 41.8 Å². The van der Waals surface area contributed by atoms with Crippen molar-refractivity contribution < 1.29 is 0 Å². The van der Waals surface area contributed by atoms with Gasteiger partial charge in [-0.2, -0.15) is 0 Å². The predicted octanol–water partition coefficient (Wildman–Crippen LogP) is 6.77. The van der Waals surface area contributed by atoms with Gasteiger partial charge >= 0.3 is 0 Å². The van der Waals surface area contributed by atoms with Gasteiger partial charge in [-0.3, -0.25) is 0 Å². The highest BCUT2D eigenvalue weighted by Crippen LogP contribution is 2.33. The van der Waals surface area contributed by atoms with E-state index in [1.54, 1.807) is 0 Å². The third kappa shape index (κ3) is 4.00. The van der Waals surface area contributed by atoms with Gasteiger partial charge in [-0.15, -0.1) is 11.6 Å². The molecule has 0 aliphatic heterocycles. The van der Waals surface area contributed by atoms with Gasteiger partial charge in [0, 0.05) is 4.47 Å². The Bertz CT molecular complexity index is 564. The molecule has 0 aromatic heterocycles. The molecule has 2 aromatic carbocycles. The summed E-state index contributed by atoms with van der Waals surface area (Å²) in [6.45, 7) is 2.21. The van der Waals surface area contributed by atoms with Gasteiger partial charge in [-0.1, -0.05) is 55.3 Å². The maximum Gasteiger partial charge on any atom is 0.0835 e. The Morgan fingerprint density at radius 2 is 1.70 bits per heavy atom. The van der Waals surface area contributed by atoms with Crippen molar-refractivity contribution in [1.82, 2.24) is 0 Å². The lowest BCUT2D eigenvalue weighted by Crippen LogP contribution is -1.94. The first-order valence-corrected chi connectivity index (χ1v) is 8.40. The molecule has 0 bridgehead atoms. The summed E-state index contributed by atoms with van der Waals surface area (Å²) in [4.78, 5) is 0. The summed E-state index contributed by atoms with van der Waals surface area (Å²) in [5, 5.41) is 0.522. The molecule has 1 unspecified atom stereocenters. The van der Waals surface area contributed by atoms with Crippen molar-refractivity contribution >= 4 is 39.1 Å². The van der Waals surface area contributed by atoms with Crippen molar-refractivity contribution in [2.24, 2.45) is 0 Å². The van der Waals surface area contributed by atoms with E-state index in [1.807, 2.05) is 18.2 Å². The fourth-order valence-electron chi connectivity index (χ4n) is 2.10. The molecule has 1 atom stereocenters. The number of halogens is 3. The first kappa shape index (κ1) is 15.9. The Balaban J connectivity index is 2.15. The van der Waals surface area contributed by atoms with Crippen molar-refractivity contribution in [2.45, 2.75) is 31.6 Å². The molecular weight excluding hydrogens is 355 g/mol. The molecule has 0 fully saturated rings. The van der Waals surface area contributed by atoms with Crippen LogP contribution in [0.3, 0.4) is 0 Å². The number of unbranched alkanes of at least 4 members (excludes halogenated alkanes) is 1. The van der Waals surface area contributed by atoms with E-state index in [4.69, 9.17) is 23.2 Å². The van der Waals surface area contributed by atoms with Gasteiger partial charge in [0.15, 0.2) is 0 Å². The fraction of sp³-hybridized carbons (Fsp3) is 0.294. The van der Waals surface area contributed by atoms with Crippen LogP contribution in [-0.2, 0) is 6.42 Å². The monoisotopic (exact) mass is 370 g/mol. The number of alkyl halides is 1. The summed E-state index contributed by atoms with van der Waals surface area (Å²) in [6.07, 6.45) is 3.58. The zero-order valence-electron chi connectivity index (χ0n) is 11.4. The lowest BCUT2D eigenvalue weighted by atomic mass is 10.0. The summed E-state index contributed by atoms with van der Waals surface area (Å²) >= 11 is 16.1. The predicted molar refractivity (Wildman–Crippen MR) is 91.9 cm³/mol. The number of hydrogen-bond donors (Lipinski definition) is 0. The zero-order valence-corrected chi connectivity index (χ0v) is 14.5. The summed E-state index contributed by atoms with van der Waals surface area (Å²) in [5.41, 5.74) is 3.49. The molecule has 2 rings (SSSR count). The minimum absolute atomic E-state index is 0.166. The Labute approximate surface area is 139 Å². The van der Waals surface area contributed by atoms with Gasteiger partial charge in [-0.25, -0.2) is 0 Å². The highest BCUT2D eigenvalue weighted by atomic mass is 79.9. The minimum Gasteiger partial charge on any atom is -0.113 e. The SMILES string of the molecule is CCCCc1ccc(C(Cl)c2ccc(Br)c(Cl)c2)cc1. The second kappa shape index (κ2) is 7.49. The van der Waals surface area contributed by atoms with E-state index in [0.29, 0.717) is 5.02 Å². The van der Waals surface area contributed by atoms with E-state index in [1.165, 1.54) is 18.4 Å². The summed E-state index contributed by atoms with van der Waals surface area (Å²) in [7, 11) is 0. The van der Waals surface area contributed by atoms with Crippen LogP contribution in [0.4, 0.5) is 0 Å². The van der Waals surface area contributed by atoms with Crippen molar-refractivity contribution in [1.29, 1.82) is 0 Å². The summed E-state index contributed by atoms with van der Waals surface area (Å²) in [6, 6.07) is 14.4. The van der Waals surface area contributed by atoms with Crippen LogP contribution in [0.5, 0.6) is 0 Å². The second-order valence-electron chi connectivity index (χ2n) is 4.88. The Morgan fingerprint density at radius 1 is 1.05 bits per heavy atom. The van der Waals surface area contributed by atoms with E-state index in [0.717, 1.165) is 22.0 Å². The molecule has 0 aliphatic carbocycles. The molecule has 2 aromatic rings. The molecule has 0 radical (unpaired) electrons. The van der Waals surface area contributed by atoms with Gasteiger partial charge in [0.1, 0.15) is 0 Å². The standard InChI is InChI=1S/C17H17BrCl2/c1-2-3-4-12-5-7-13(8-6-12)17(20)14-9-10-15(18)16(19)11-14/h5-11,17H,2-4H2,1H3. The molecule has 106 valence electrons. The topological polar surface area (TPSA) is 0 Å². The maximum absolute atomic E-state index is 6.54. The van der Waals surface area contributed by atoms with Crippen LogP contribution in [0.2, 0.25) is 5.02 Å². The lowest BCUT2D eigenvalue weighted by molar-refractivity contribution is 0.794. The minimum atomic E-state index is -0.166. The van der Waals surface area contributed by atoms with Gasteiger partial charge in [-0.05, 0) is 57.6 Å². The number of hydrogen-bond acceptors (Lipinski definition) is 0. The number of rotatable bonds is 5. The fourth-order valence-corrected chi connectivity index (χ4v) is 2.81. The zero-order chi connectivity index (χ0) is 14.5. The van der Waals surface area contributed by atoms with Gasteiger partial charge < -0.3 is 0 Å². The van der Waals surface area contributed by atoms with E-state index in [9.17, 15) is 0 Å². The molecule has 0 N–H and O–H groups in total. The first-order chi connectivity index (χ1) is 9.61. The molecule has 0 nitrogen and oxygen atoms in total. The number of aryl methyl sites for hydroxylation is 1. The van der Waals surface area contributed by atoms with Crippen LogP contribution >= 0.6 is 39.1 Å². The second-order valence-corrected chi connectivity index (χ2v) is 6.58. The van der Waals surface area contributed by atoms with E-state index in [-0.39, 0.29) is 5.38 Å². The largest absolute Gasteiger partial charge is 0.113 e. The highest BCUT2D eigenvalue weighted by molar-refractivity contribution is 9.10. The average molecular weight is 372 g/mol. The van der Waals surface area contributed by atoms with E-state index >= 15 is 0 Å². The lowest BCUT2D eigenvalue weighted by Gasteiger charge is -2.12. The van der Waals surface area contributed by atoms with Gasteiger partial charge in [0.05, 0.1) is 10.4 Å². The maximum atomic E-state index is 6.54. The number of benzene rings is 2. The van der Waals surface area contributed by atoms with Crippen LogP contribution in [-0.4, -0.2) is 0 Å². The van der Waals surface area contributed by atoms with E-state index < -0.39 is 0 Å². The van der Waals surface area contributed by atoms with E-state index in [2.05, 4.69) is 47.1 Å². The molecule has 0 spiro atoms. The molecule has 3 heteroatoms. The normalized spacial score (nSPS) is 12.4. The highest BCUT2D eigenvalue weighted by Gasteiger charge is 2.12. The molecule has 20 heavy (non-hydrogen) atoms. The van der Waals surface area contributed by atoms with Crippen LogP contribution in [0, 0.1) is 0 Å². The summed E-state index contributed by atoms with van der Waals surface area (Å²) < 4.78 is 0.890. The Morgan fingerprint density at radius 3 is 2.30 bits per heavy atom. The molecule has 0 amide bonds. The average Bonchev–Trinajstić information content (AvgIpc) is 2.48. The molecule has 0 saturated carbocycles. The van der Waals surface area contributed by atoms with Gasteiger partial charge in [0.2, 0.25) is 0 Å². The third-order valence-corrected chi connectivity index (χ3v) is 5.06. The van der Waals surface area contributed by atoms with Crippen molar-refractivity contribution in [3.05, 3.63) is 68.7 Å². The Kier molecular flexibility index (Phi) is 5.95. The van der Waals surface area contributed by atoms with Crippen molar-refractivity contribution in [2.75, 3.05) is 0 Å². The third-order valence-electron chi connectivity index (χ3n) is 3.33. The molecular formula is C17H17BrCl2. The molecule has 0 saturated heterocycles. The molecule has 0 heterocycles. The van der Waals surface area contributed by atoms with Crippen LogP contribution in [0.15, 0.2) is 46.9 Å². The Hall–Kier alpha value is -0.500. The van der Waals surface area contributed by atoms with Crippen molar-refractivity contribution in [3.8, 4) is 0 Å². The molecule has 0 aliphatic rings. The van der Waals surface area contributed by atoms with Gasteiger partial charge in [0.25, 0.3) is 0 Å². The first-order valence-electron chi connectivity index (χ1n) is 6.79. The van der Waals surface area contributed by atoms with Crippen molar-refractivity contribution in [3.63, 3.8) is 0 Å².